The average molecular weight is 294 g/mol. The van der Waals surface area contributed by atoms with Gasteiger partial charge in [-0.25, -0.2) is 0 Å². The fraction of sp³-hybridized carbons (Fsp3) is 0.250. The Morgan fingerprint density at radius 1 is 1.05 bits per heavy atom. The molecule has 0 saturated carbocycles. The van der Waals surface area contributed by atoms with Crippen LogP contribution in [0.1, 0.15) is 22.7 Å². The molecule has 0 saturated heterocycles. The lowest BCUT2D eigenvalue weighted by atomic mass is 9.97. The predicted octanol–water partition coefficient (Wildman–Crippen LogP) is 4.81. The molecular weight excluding hydrogens is 277 g/mol. The van der Waals surface area contributed by atoms with Gasteiger partial charge in [-0.1, -0.05) is 53.5 Å². The molecule has 0 aliphatic rings. The van der Waals surface area contributed by atoms with Gasteiger partial charge < -0.3 is 5.32 Å². The van der Waals surface area contributed by atoms with Crippen LogP contribution in [0.3, 0.4) is 0 Å². The standard InChI is InChI=1S/C16H17Cl2N/c1-11-9-13(7-8-14(11)17)16(19-2)10-12-5-3-4-6-15(12)18/h3-9,16,19H,10H2,1-2H3. The molecule has 0 radical (unpaired) electrons. The van der Waals surface area contributed by atoms with Crippen molar-refractivity contribution in [3.05, 3.63) is 69.2 Å². The van der Waals surface area contributed by atoms with Crippen molar-refractivity contribution in [1.29, 1.82) is 0 Å². The number of hydrogen-bond acceptors (Lipinski definition) is 1. The maximum absolute atomic E-state index is 6.22. The van der Waals surface area contributed by atoms with E-state index in [4.69, 9.17) is 23.2 Å². The first-order valence-electron chi connectivity index (χ1n) is 6.28. The predicted molar refractivity (Wildman–Crippen MR) is 83.1 cm³/mol. The van der Waals surface area contributed by atoms with Gasteiger partial charge in [0.2, 0.25) is 0 Å². The summed E-state index contributed by atoms with van der Waals surface area (Å²) in [5.74, 6) is 0. The molecule has 0 spiro atoms. The third kappa shape index (κ3) is 3.50. The van der Waals surface area contributed by atoms with Crippen molar-refractivity contribution in [2.24, 2.45) is 0 Å². The van der Waals surface area contributed by atoms with Crippen LogP contribution in [0.2, 0.25) is 10.0 Å². The minimum atomic E-state index is 0.232. The summed E-state index contributed by atoms with van der Waals surface area (Å²) in [6.07, 6.45) is 0.858. The van der Waals surface area contributed by atoms with Crippen molar-refractivity contribution in [2.45, 2.75) is 19.4 Å². The van der Waals surface area contributed by atoms with E-state index in [9.17, 15) is 0 Å². The molecule has 2 aromatic carbocycles. The minimum Gasteiger partial charge on any atom is -0.313 e. The Morgan fingerprint density at radius 2 is 1.79 bits per heavy atom. The van der Waals surface area contributed by atoms with E-state index in [0.717, 1.165) is 27.6 Å². The molecule has 0 aliphatic heterocycles. The first-order chi connectivity index (χ1) is 9.11. The Kier molecular flexibility index (Phi) is 4.87. The Hall–Kier alpha value is -1.02. The molecule has 1 unspecified atom stereocenters. The quantitative estimate of drug-likeness (QED) is 0.853. The van der Waals surface area contributed by atoms with Gasteiger partial charge in [-0.2, -0.15) is 0 Å². The van der Waals surface area contributed by atoms with E-state index >= 15 is 0 Å². The third-order valence-electron chi connectivity index (χ3n) is 3.31. The van der Waals surface area contributed by atoms with E-state index in [-0.39, 0.29) is 6.04 Å². The topological polar surface area (TPSA) is 12.0 Å². The molecule has 100 valence electrons. The average Bonchev–Trinajstić information content (AvgIpc) is 2.41. The molecule has 19 heavy (non-hydrogen) atoms. The van der Waals surface area contributed by atoms with Gasteiger partial charge in [0.1, 0.15) is 0 Å². The van der Waals surface area contributed by atoms with Crippen LogP contribution in [0, 0.1) is 6.92 Å². The molecule has 3 heteroatoms. The Bertz CT molecular complexity index is 566. The summed E-state index contributed by atoms with van der Waals surface area (Å²) in [7, 11) is 1.96. The maximum Gasteiger partial charge on any atom is 0.0438 e. The Morgan fingerprint density at radius 3 is 2.42 bits per heavy atom. The summed E-state index contributed by atoms with van der Waals surface area (Å²) >= 11 is 12.3. The van der Waals surface area contributed by atoms with Crippen molar-refractivity contribution in [3.63, 3.8) is 0 Å². The van der Waals surface area contributed by atoms with Crippen LogP contribution in [0.4, 0.5) is 0 Å². The first-order valence-corrected chi connectivity index (χ1v) is 7.04. The molecule has 0 aliphatic carbocycles. The summed E-state index contributed by atoms with van der Waals surface area (Å²) in [5.41, 5.74) is 3.47. The second-order valence-corrected chi connectivity index (χ2v) is 5.46. The molecule has 2 rings (SSSR count). The van der Waals surface area contributed by atoms with Crippen molar-refractivity contribution < 1.29 is 0 Å². The van der Waals surface area contributed by atoms with Crippen LogP contribution in [-0.2, 0) is 6.42 Å². The van der Waals surface area contributed by atoms with Crippen LogP contribution in [0.25, 0.3) is 0 Å². The number of halogens is 2. The van der Waals surface area contributed by atoms with Gasteiger partial charge in [-0.3, -0.25) is 0 Å². The lowest BCUT2D eigenvalue weighted by Gasteiger charge is -2.18. The highest BCUT2D eigenvalue weighted by molar-refractivity contribution is 6.31. The number of rotatable bonds is 4. The van der Waals surface area contributed by atoms with Gasteiger partial charge in [-0.15, -0.1) is 0 Å². The van der Waals surface area contributed by atoms with E-state index in [1.54, 1.807) is 0 Å². The molecule has 1 atom stereocenters. The molecule has 0 aromatic heterocycles. The molecule has 2 aromatic rings. The highest BCUT2D eigenvalue weighted by atomic mass is 35.5. The summed E-state index contributed by atoms with van der Waals surface area (Å²) in [6, 6.07) is 14.3. The number of likely N-dealkylation sites (N-methyl/N-ethyl adjacent to an activating group) is 1. The summed E-state index contributed by atoms with van der Waals surface area (Å²) in [6.45, 7) is 2.02. The van der Waals surface area contributed by atoms with Gasteiger partial charge in [0, 0.05) is 16.1 Å². The molecule has 0 heterocycles. The number of benzene rings is 2. The lowest BCUT2D eigenvalue weighted by Crippen LogP contribution is -2.19. The molecule has 0 amide bonds. The summed E-state index contributed by atoms with van der Waals surface area (Å²) < 4.78 is 0. The van der Waals surface area contributed by atoms with Crippen LogP contribution in [0.5, 0.6) is 0 Å². The normalized spacial score (nSPS) is 12.4. The van der Waals surface area contributed by atoms with Crippen LogP contribution in [-0.4, -0.2) is 7.05 Å². The number of aryl methyl sites for hydroxylation is 1. The highest BCUT2D eigenvalue weighted by Gasteiger charge is 2.12. The summed E-state index contributed by atoms with van der Waals surface area (Å²) in [4.78, 5) is 0. The van der Waals surface area contributed by atoms with Gasteiger partial charge in [0.05, 0.1) is 0 Å². The van der Waals surface area contributed by atoms with Crippen molar-refractivity contribution >= 4 is 23.2 Å². The number of hydrogen-bond donors (Lipinski definition) is 1. The molecule has 0 bridgehead atoms. The molecule has 1 N–H and O–H groups in total. The first kappa shape index (κ1) is 14.4. The monoisotopic (exact) mass is 293 g/mol. The van der Waals surface area contributed by atoms with Gasteiger partial charge >= 0.3 is 0 Å². The molecule has 1 nitrogen and oxygen atoms in total. The van der Waals surface area contributed by atoms with Gasteiger partial charge in [0.25, 0.3) is 0 Å². The Balaban J connectivity index is 2.25. The maximum atomic E-state index is 6.22. The van der Waals surface area contributed by atoms with Gasteiger partial charge in [0.15, 0.2) is 0 Å². The highest BCUT2D eigenvalue weighted by Crippen LogP contribution is 2.25. The second kappa shape index (κ2) is 6.42. The Labute approximate surface area is 124 Å². The van der Waals surface area contributed by atoms with Crippen molar-refractivity contribution in [1.82, 2.24) is 5.32 Å². The minimum absolute atomic E-state index is 0.232. The zero-order valence-electron chi connectivity index (χ0n) is 11.1. The van der Waals surface area contributed by atoms with Crippen molar-refractivity contribution in [2.75, 3.05) is 7.05 Å². The largest absolute Gasteiger partial charge is 0.313 e. The van der Waals surface area contributed by atoms with E-state index in [0.29, 0.717) is 0 Å². The van der Waals surface area contributed by atoms with E-state index < -0.39 is 0 Å². The lowest BCUT2D eigenvalue weighted by molar-refractivity contribution is 0.592. The number of nitrogens with one attached hydrogen (secondary N) is 1. The zero-order chi connectivity index (χ0) is 13.8. The zero-order valence-corrected chi connectivity index (χ0v) is 12.6. The van der Waals surface area contributed by atoms with E-state index in [1.165, 1.54) is 5.56 Å². The van der Waals surface area contributed by atoms with Gasteiger partial charge in [-0.05, 0) is 49.2 Å². The van der Waals surface area contributed by atoms with Crippen LogP contribution >= 0.6 is 23.2 Å². The second-order valence-electron chi connectivity index (χ2n) is 4.65. The summed E-state index contributed by atoms with van der Waals surface area (Å²) in [5, 5.41) is 4.95. The smallest absolute Gasteiger partial charge is 0.0438 e. The fourth-order valence-corrected chi connectivity index (χ4v) is 2.49. The van der Waals surface area contributed by atoms with Crippen LogP contribution < -0.4 is 5.32 Å². The van der Waals surface area contributed by atoms with Crippen molar-refractivity contribution in [3.8, 4) is 0 Å². The molecular formula is C16H17Cl2N. The van der Waals surface area contributed by atoms with Crippen LogP contribution in [0.15, 0.2) is 42.5 Å². The fourth-order valence-electron chi connectivity index (χ4n) is 2.16. The molecule has 0 fully saturated rings. The SMILES string of the molecule is CNC(Cc1ccccc1Cl)c1ccc(Cl)c(C)c1. The van der Waals surface area contributed by atoms with E-state index in [2.05, 4.69) is 23.5 Å². The van der Waals surface area contributed by atoms with E-state index in [1.807, 2.05) is 38.2 Å². The third-order valence-corrected chi connectivity index (χ3v) is 4.11.